The summed E-state index contributed by atoms with van der Waals surface area (Å²) in [6.45, 7) is 3.64. The number of alkyl halides is 3. The highest BCUT2D eigenvalue weighted by Gasteiger charge is 2.37. The van der Waals surface area contributed by atoms with Gasteiger partial charge in [0.05, 0.1) is 0 Å². The van der Waals surface area contributed by atoms with Gasteiger partial charge in [0.2, 0.25) is 0 Å². The van der Waals surface area contributed by atoms with Crippen molar-refractivity contribution in [3.8, 4) is 0 Å². The molecule has 0 amide bonds. The third kappa shape index (κ3) is 4.87. The summed E-state index contributed by atoms with van der Waals surface area (Å²) in [7, 11) is 0. The zero-order chi connectivity index (χ0) is 10.6. The van der Waals surface area contributed by atoms with Crippen LogP contribution in [0.25, 0.3) is 0 Å². The van der Waals surface area contributed by atoms with Crippen molar-refractivity contribution in [1.82, 2.24) is 0 Å². The lowest BCUT2D eigenvalue weighted by molar-refractivity contribution is -0.213. The standard InChI is InChI=1S/C8H13F3O2/c1-5(2)7(12)4-13-6(3)8(9,10)11/h5-6H,4H2,1-3H3. The van der Waals surface area contributed by atoms with Gasteiger partial charge in [0, 0.05) is 5.92 Å². The first-order valence-corrected chi connectivity index (χ1v) is 3.96. The van der Waals surface area contributed by atoms with Crippen LogP contribution in [0.2, 0.25) is 0 Å². The third-order valence-electron chi connectivity index (χ3n) is 1.58. The minimum atomic E-state index is -4.39. The number of carbonyl (C=O) groups excluding carboxylic acids is 1. The van der Waals surface area contributed by atoms with E-state index in [-0.39, 0.29) is 11.7 Å². The molecule has 0 saturated heterocycles. The van der Waals surface area contributed by atoms with E-state index in [0.29, 0.717) is 0 Å². The lowest BCUT2D eigenvalue weighted by Gasteiger charge is -2.16. The summed E-state index contributed by atoms with van der Waals surface area (Å²) in [6.07, 6.45) is -6.27. The Hall–Kier alpha value is -0.580. The number of hydrogen-bond acceptors (Lipinski definition) is 2. The SMILES string of the molecule is CC(C)C(=O)COC(C)C(F)(F)F. The van der Waals surface area contributed by atoms with E-state index in [1.807, 2.05) is 0 Å². The monoisotopic (exact) mass is 198 g/mol. The summed E-state index contributed by atoms with van der Waals surface area (Å²) >= 11 is 0. The van der Waals surface area contributed by atoms with Crippen molar-refractivity contribution in [1.29, 1.82) is 0 Å². The van der Waals surface area contributed by atoms with Crippen LogP contribution < -0.4 is 0 Å². The Morgan fingerprint density at radius 1 is 1.31 bits per heavy atom. The fraction of sp³-hybridized carbons (Fsp3) is 0.875. The molecule has 0 spiro atoms. The van der Waals surface area contributed by atoms with Gasteiger partial charge in [-0.05, 0) is 6.92 Å². The Bertz CT molecular complexity index is 175. The van der Waals surface area contributed by atoms with Gasteiger partial charge in [-0.2, -0.15) is 13.2 Å². The summed E-state index contributed by atoms with van der Waals surface area (Å²) in [6, 6.07) is 0. The zero-order valence-corrected chi connectivity index (χ0v) is 7.81. The molecule has 0 aromatic carbocycles. The largest absolute Gasteiger partial charge is 0.414 e. The first-order chi connectivity index (χ1) is 5.75. The molecule has 0 fully saturated rings. The summed E-state index contributed by atoms with van der Waals surface area (Å²) in [5.74, 6) is -0.614. The minimum absolute atomic E-state index is 0.291. The molecule has 2 nitrogen and oxygen atoms in total. The summed E-state index contributed by atoms with van der Waals surface area (Å²) in [4.78, 5) is 10.9. The molecule has 0 saturated carbocycles. The second kappa shape index (κ2) is 4.60. The number of rotatable bonds is 4. The van der Waals surface area contributed by atoms with Crippen LogP contribution >= 0.6 is 0 Å². The molecule has 0 N–H and O–H groups in total. The molecule has 0 radical (unpaired) electrons. The average Bonchev–Trinajstić information content (AvgIpc) is 1.97. The van der Waals surface area contributed by atoms with Gasteiger partial charge in [0.25, 0.3) is 0 Å². The van der Waals surface area contributed by atoms with E-state index in [0.717, 1.165) is 6.92 Å². The first kappa shape index (κ1) is 12.4. The predicted molar refractivity (Wildman–Crippen MR) is 41.3 cm³/mol. The normalized spacial score (nSPS) is 14.7. The quantitative estimate of drug-likeness (QED) is 0.692. The molecule has 5 heteroatoms. The maximum Gasteiger partial charge on any atom is 0.414 e. The van der Waals surface area contributed by atoms with Crippen LogP contribution in [0.3, 0.4) is 0 Å². The molecule has 13 heavy (non-hydrogen) atoms. The van der Waals surface area contributed by atoms with Gasteiger partial charge < -0.3 is 4.74 Å². The van der Waals surface area contributed by atoms with Crippen LogP contribution in [-0.4, -0.2) is 24.7 Å². The van der Waals surface area contributed by atoms with Crippen molar-refractivity contribution in [3.05, 3.63) is 0 Å². The maximum atomic E-state index is 11.9. The Balaban J connectivity index is 3.84. The molecule has 0 aromatic heterocycles. The molecule has 0 aromatic rings. The zero-order valence-electron chi connectivity index (χ0n) is 7.81. The highest BCUT2D eigenvalue weighted by molar-refractivity contribution is 5.81. The topological polar surface area (TPSA) is 26.3 Å². The van der Waals surface area contributed by atoms with Crippen molar-refractivity contribution < 1.29 is 22.7 Å². The van der Waals surface area contributed by atoms with Gasteiger partial charge in [-0.25, -0.2) is 0 Å². The molecule has 0 heterocycles. The number of halogens is 3. The van der Waals surface area contributed by atoms with Crippen molar-refractivity contribution in [2.45, 2.75) is 33.1 Å². The van der Waals surface area contributed by atoms with E-state index in [1.54, 1.807) is 13.8 Å². The van der Waals surface area contributed by atoms with Gasteiger partial charge in [0.1, 0.15) is 6.61 Å². The van der Waals surface area contributed by atoms with Gasteiger partial charge in [-0.1, -0.05) is 13.8 Å². The molecule has 1 atom stereocenters. The number of carbonyl (C=O) groups is 1. The second-order valence-electron chi connectivity index (χ2n) is 3.12. The smallest absolute Gasteiger partial charge is 0.361 e. The van der Waals surface area contributed by atoms with E-state index in [2.05, 4.69) is 4.74 Å². The van der Waals surface area contributed by atoms with Crippen LogP contribution in [-0.2, 0) is 9.53 Å². The first-order valence-electron chi connectivity index (χ1n) is 3.96. The maximum absolute atomic E-state index is 11.9. The number of Topliss-reactive ketones (excluding diaryl/α,β-unsaturated/α-hetero) is 1. The third-order valence-corrected chi connectivity index (χ3v) is 1.58. The summed E-state index contributed by atoms with van der Waals surface area (Å²) < 4.78 is 39.9. The Labute approximate surface area is 75.1 Å². The molecule has 0 aliphatic carbocycles. The summed E-state index contributed by atoms with van der Waals surface area (Å²) in [5, 5.41) is 0. The average molecular weight is 198 g/mol. The van der Waals surface area contributed by atoms with E-state index in [1.165, 1.54) is 0 Å². The molecule has 1 unspecified atom stereocenters. The van der Waals surface area contributed by atoms with Crippen LogP contribution in [0.5, 0.6) is 0 Å². The second-order valence-corrected chi connectivity index (χ2v) is 3.12. The predicted octanol–water partition coefficient (Wildman–Crippen LogP) is 2.18. The van der Waals surface area contributed by atoms with E-state index in [4.69, 9.17) is 0 Å². The molecule has 0 aliphatic rings. The molecule has 0 aliphatic heterocycles. The van der Waals surface area contributed by atoms with Gasteiger partial charge in [-0.3, -0.25) is 4.79 Å². The van der Waals surface area contributed by atoms with E-state index in [9.17, 15) is 18.0 Å². The highest BCUT2D eigenvalue weighted by atomic mass is 19.4. The fourth-order valence-electron chi connectivity index (χ4n) is 0.468. The summed E-state index contributed by atoms with van der Waals surface area (Å²) in [5.41, 5.74) is 0. The van der Waals surface area contributed by atoms with Gasteiger partial charge in [-0.15, -0.1) is 0 Å². The molecule has 78 valence electrons. The van der Waals surface area contributed by atoms with Crippen molar-refractivity contribution >= 4 is 5.78 Å². The van der Waals surface area contributed by atoms with Crippen LogP contribution in [0.4, 0.5) is 13.2 Å². The number of ketones is 1. The molecule has 0 rings (SSSR count). The lowest BCUT2D eigenvalue weighted by Crippen LogP contribution is -2.31. The van der Waals surface area contributed by atoms with E-state index < -0.39 is 18.9 Å². The fourth-order valence-corrected chi connectivity index (χ4v) is 0.468. The van der Waals surface area contributed by atoms with Crippen LogP contribution in [0, 0.1) is 5.92 Å². The Morgan fingerprint density at radius 3 is 2.08 bits per heavy atom. The van der Waals surface area contributed by atoms with Crippen LogP contribution in [0.1, 0.15) is 20.8 Å². The van der Waals surface area contributed by atoms with E-state index >= 15 is 0 Å². The number of ether oxygens (including phenoxy) is 1. The van der Waals surface area contributed by atoms with Crippen molar-refractivity contribution in [2.24, 2.45) is 5.92 Å². The molecular weight excluding hydrogens is 185 g/mol. The Kier molecular flexibility index (Phi) is 4.39. The van der Waals surface area contributed by atoms with Crippen LogP contribution in [0.15, 0.2) is 0 Å². The minimum Gasteiger partial charge on any atom is -0.361 e. The van der Waals surface area contributed by atoms with Crippen molar-refractivity contribution in [2.75, 3.05) is 6.61 Å². The van der Waals surface area contributed by atoms with Crippen molar-refractivity contribution in [3.63, 3.8) is 0 Å². The highest BCUT2D eigenvalue weighted by Crippen LogP contribution is 2.22. The lowest BCUT2D eigenvalue weighted by atomic mass is 10.1. The van der Waals surface area contributed by atoms with Gasteiger partial charge >= 0.3 is 6.18 Å². The number of hydrogen-bond donors (Lipinski definition) is 0. The molecular formula is C8H13F3O2. The molecule has 0 bridgehead atoms. The Morgan fingerprint density at radius 2 is 1.77 bits per heavy atom. The van der Waals surface area contributed by atoms with Gasteiger partial charge in [0.15, 0.2) is 11.9 Å².